The number of ether oxygens (including phenoxy) is 1. The van der Waals surface area contributed by atoms with Crippen LogP contribution in [0.25, 0.3) is 16.7 Å². The predicted octanol–water partition coefficient (Wildman–Crippen LogP) is 11.0. The average Bonchev–Trinajstić information content (AvgIpc) is 3.65. The van der Waals surface area contributed by atoms with Gasteiger partial charge in [-0.3, -0.25) is 0 Å². The van der Waals surface area contributed by atoms with Crippen molar-refractivity contribution in [2.24, 2.45) is 0 Å². The minimum absolute atomic E-state index is 0.000800. The average molecular weight is 1210 g/mol. The van der Waals surface area contributed by atoms with E-state index in [2.05, 4.69) is 132 Å². The van der Waals surface area contributed by atoms with Crippen molar-refractivity contribution in [1.82, 2.24) is 59.8 Å². The zero-order chi connectivity index (χ0) is 61.8. The highest BCUT2D eigenvalue weighted by Crippen LogP contribution is 2.36. The van der Waals surface area contributed by atoms with Gasteiger partial charge >= 0.3 is 0 Å². The molecule has 19 nitrogen and oxygen atoms in total. The predicted molar refractivity (Wildman–Crippen MR) is 341 cm³/mol. The molecule has 0 radical (unpaired) electrons. The molecule has 8 heterocycles. The Labute approximate surface area is 504 Å². The molecular weight excluding hydrogens is 1140 g/mol. The molecule has 0 fully saturated rings. The van der Waals surface area contributed by atoms with Gasteiger partial charge in [0.05, 0.1) is 23.7 Å². The van der Waals surface area contributed by atoms with Crippen LogP contribution in [-0.4, -0.2) is 77.6 Å². The summed E-state index contributed by atoms with van der Waals surface area (Å²) in [6, 6.07) is 7.28. The number of aliphatic hydroxyl groups excluding tert-OH is 1. The van der Waals surface area contributed by atoms with E-state index < -0.39 is 0 Å². The minimum atomic E-state index is -0.111. The van der Waals surface area contributed by atoms with Crippen molar-refractivity contribution in [2.75, 3.05) is 34.9 Å². The van der Waals surface area contributed by atoms with E-state index in [0.717, 1.165) is 77.4 Å². The zero-order valence-corrected chi connectivity index (χ0v) is 51.0. The van der Waals surface area contributed by atoms with E-state index in [0.29, 0.717) is 86.9 Å². The first kappa shape index (κ1) is 65.2. The fourth-order valence-electron chi connectivity index (χ4n) is 7.57. The third-order valence-corrected chi connectivity index (χ3v) is 13.6. The highest BCUT2D eigenvalue weighted by atomic mass is 79.9. The lowest BCUT2D eigenvalue weighted by molar-refractivity contribution is 0.271. The molecule has 1 unspecified atom stereocenters. The third-order valence-electron chi connectivity index (χ3n) is 12.1. The lowest BCUT2D eigenvalue weighted by Gasteiger charge is -2.16. The molecule has 0 spiro atoms. The lowest BCUT2D eigenvalue weighted by Crippen LogP contribution is -2.24. The third kappa shape index (κ3) is 18.7. The van der Waals surface area contributed by atoms with Gasteiger partial charge in [0.2, 0.25) is 5.95 Å². The van der Waals surface area contributed by atoms with Crippen molar-refractivity contribution in [3.8, 4) is 48.5 Å². The van der Waals surface area contributed by atoms with Crippen molar-refractivity contribution < 1.29 is 9.84 Å². The van der Waals surface area contributed by atoms with Crippen LogP contribution >= 0.6 is 27.7 Å². The van der Waals surface area contributed by atoms with E-state index in [1.165, 1.54) is 18.0 Å². The number of hydrogen-bond acceptors (Lipinski definition) is 20. The Morgan fingerprint density at radius 2 is 1.06 bits per heavy atom. The number of nitrogens with two attached hydrogens (primary N) is 4. The van der Waals surface area contributed by atoms with Crippen LogP contribution < -0.4 is 33.0 Å². The molecule has 84 heavy (non-hydrogen) atoms. The number of nitrogen functional groups attached to an aromatic ring is 4. The molecule has 21 heteroatoms. The zero-order valence-electron chi connectivity index (χ0n) is 48.6. The van der Waals surface area contributed by atoms with Crippen LogP contribution in [0.1, 0.15) is 133 Å². The summed E-state index contributed by atoms with van der Waals surface area (Å²) in [5, 5.41) is 12.3. The van der Waals surface area contributed by atoms with Crippen molar-refractivity contribution >= 4 is 73.6 Å². The first-order chi connectivity index (χ1) is 40.0. The summed E-state index contributed by atoms with van der Waals surface area (Å²) in [5.41, 5.74) is 36.0. The molecule has 0 saturated heterocycles. The van der Waals surface area contributed by atoms with Crippen LogP contribution in [-0.2, 0) is 12.8 Å². The second kappa shape index (κ2) is 31.0. The summed E-state index contributed by atoms with van der Waals surface area (Å²) >= 11 is 4.81. The topological polar surface area (TPSA) is 300 Å². The maximum Gasteiger partial charge on any atom is 0.225 e. The number of pyridine rings is 4. The summed E-state index contributed by atoms with van der Waals surface area (Å²) in [6.45, 7) is 29.2. The molecule has 8 aromatic heterocycles. The van der Waals surface area contributed by atoms with E-state index in [1.807, 2.05) is 59.7 Å². The number of anilines is 5. The molecule has 0 saturated carbocycles. The van der Waals surface area contributed by atoms with E-state index in [4.69, 9.17) is 46.9 Å². The second-order valence-electron chi connectivity index (χ2n) is 19.2. The number of aliphatic hydroxyl groups is 1. The van der Waals surface area contributed by atoms with Crippen LogP contribution in [0.2, 0.25) is 0 Å². The second-order valence-corrected chi connectivity index (χ2v) is 21.1. The molecule has 430 valence electrons. The Kier molecular flexibility index (Phi) is 24.1. The summed E-state index contributed by atoms with van der Waals surface area (Å²) in [4.78, 5) is 52.0. The number of hydrogen-bond donors (Lipinski definition) is 6. The molecule has 10 N–H and O–H groups in total. The van der Waals surface area contributed by atoms with E-state index >= 15 is 0 Å². The minimum Gasteiger partial charge on any atom is -0.451 e. The maximum absolute atomic E-state index is 9.23. The highest BCUT2D eigenvalue weighted by molar-refractivity contribution is 9.10. The fourth-order valence-corrected chi connectivity index (χ4v) is 8.88. The standard InChI is InChI=1S/C16H22BrN5O2.2C16H16N4.C15H14N4S/c1-4-10(8-23)21-16-20-7-13(15(18)22-16)24-12-5-14(17)19-6-11(12)9(2)3;2*1-5-14-7-12(15(9-19-14)10(2)3)6-13-8-18-11(4)20-16(13)17;1-5-11-6-13(12(7-18-11)9(2)3)20-14-8-17-10(4)19-15(14)16/h5-7,9-10,23H,4,8H2,1-3H3,(H3,18,20,21,22);2*1,7-9H,2,6H2,3-4H3,(H2,17,18,20);1,6-8H,2H2,3-4H3,(H2,16,17,19). The summed E-state index contributed by atoms with van der Waals surface area (Å²) in [5.74, 6) is 12.9. The van der Waals surface area contributed by atoms with Crippen molar-refractivity contribution in [2.45, 2.75) is 103 Å². The van der Waals surface area contributed by atoms with Gasteiger partial charge in [0, 0.05) is 89.4 Å². The number of nitrogens with one attached hydrogen (secondary N) is 1. The number of terminal acetylenes is 3. The molecule has 8 rings (SSSR count). The quantitative estimate of drug-likeness (QED) is 0.0387. The van der Waals surface area contributed by atoms with Gasteiger partial charge in [0.15, 0.2) is 11.6 Å². The van der Waals surface area contributed by atoms with Gasteiger partial charge in [-0.05, 0) is 127 Å². The van der Waals surface area contributed by atoms with Gasteiger partial charge in [-0.15, -0.1) is 19.3 Å². The van der Waals surface area contributed by atoms with E-state index in [1.54, 1.807) is 56.4 Å². The Morgan fingerprint density at radius 3 is 1.49 bits per heavy atom. The smallest absolute Gasteiger partial charge is 0.225 e. The summed E-state index contributed by atoms with van der Waals surface area (Å²) in [6.07, 6.45) is 31.9. The molecule has 0 aliphatic carbocycles. The molecule has 0 amide bonds. The highest BCUT2D eigenvalue weighted by Gasteiger charge is 2.17. The first-order valence-corrected chi connectivity index (χ1v) is 27.7. The Balaban J connectivity index is 0.000000205. The van der Waals surface area contributed by atoms with Gasteiger partial charge in [-0.2, -0.15) is 4.98 Å². The molecule has 0 aliphatic rings. The summed E-state index contributed by atoms with van der Waals surface area (Å²) in [7, 11) is 0. The Bertz CT molecular complexity index is 3530. The van der Waals surface area contributed by atoms with Crippen molar-refractivity contribution in [3.63, 3.8) is 0 Å². The van der Waals surface area contributed by atoms with Gasteiger partial charge in [0.1, 0.15) is 62.4 Å². The SMILES string of the molecule is C#Cc1cc(Cc2cnc(C)nc2N)c(C(=C)C)cn1.C#Cc1cc(Cc2cnc(C)nc2N)c(C(=C)C)cn1.C#Cc1cc(Sc2cnc(C)nc2N)c(C(=C)C)cn1.CCC(CO)Nc1ncc(Oc2cc(Br)ncc2C(C)C)c(N)n1. The molecule has 1 atom stereocenters. The number of aromatic nitrogens is 12. The number of aryl methyl sites for hydroxylation is 3. The number of rotatable bonds is 16. The van der Waals surface area contributed by atoms with Gasteiger partial charge in [-0.25, -0.2) is 54.8 Å². The fraction of sp³-hybridized carbons (Fsp3) is 0.238. The normalized spacial score (nSPS) is 10.7. The molecule has 0 bridgehead atoms. The van der Waals surface area contributed by atoms with Gasteiger partial charge < -0.3 is 38.1 Å². The van der Waals surface area contributed by atoms with Crippen LogP contribution in [0.3, 0.4) is 0 Å². The van der Waals surface area contributed by atoms with E-state index in [9.17, 15) is 5.11 Å². The number of nitrogens with zero attached hydrogens (tertiary/aromatic N) is 12. The van der Waals surface area contributed by atoms with Gasteiger partial charge in [0.25, 0.3) is 0 Å². The Morgan fingerprint density at radius 1 is 0.583 bits per heavy atom. The number of allylic oxidation sites excluding steroid dienone is 3. The largest absolute Gasteiger partial charge is 0.451 e. The first-order valence-electron chi connectivity index (χ1n) is 26.1. The van der Waals surface area contributed by atoms with Crippen LogP contribution in [0.5, 0.6) is 11.5 Å². The van der Waals surface area contributed by atoms with Crippen molar-refractivity contribution in [3.05, 3.63) is 177 Å². The Hall–Kier alpha value is -9.59. The molecule has 0 aromatic carbocycles. The maximum atomic E-state index is 9.23. The van der Waals surface area contributed by atoms with Crippen LogP contribution in [0.15, 0.2) is 108 Å². The van der Waals surface area contributed by atoms with E-state index in [-0.39, 0.29) is 24.4 Å². The van der Waals surface area contributed by atoms with Crippen LogP contribution in [0.4, 0.5) is 29.2 Å². The van der Waals surface area contributed by atoms with Crippen molar-refractivity contribution in [1.29, 1.82) is 0 Å². The number of halogens is 1. The summed E-state index contributed by atoms with van der Waals surface area (Å²) < 4.78 is 6.57. The monoisotopic (exact) mass is 1210 g/mol. The molecule has 0 aliphatic heterocycles. The lowest BCUT2D eigenvalue weighted by atomic mass is 9.98. The van der Waals surface area contributed by atoms with Gasteiger partial charge in [-0.1, -0.05) is 70.0 Å². The molecule has 8 aromatic rings. The van der Waals surface area contributed by atoms with Crippen LogP contribution in [0, 0.1) is 57.8 Å². The molecular formula is C63H68BrN17O2S.